The first-order valence-corrected chi connectivity index (χ1v) is 13.2. The van der Waals surface area contributed by atoms with Crippen LogP contribution in [-0.2, 0) is 0 Å². The van der Waals surface area contributed by atoms with Crippen LogP contribution in [0.1, 0.15) is 0 Å². The molecule has 0 amide bonds. The number of halogens is 1. The highest BCUT2D eigenvalue weighted by atomic mass is 79.9. The lowest BCUT2D eigenvalue weighted by Gasteiger charge is -2.40. The molecule has 0 bridgehead atoms. The average molecular weight is 479 g/mol. The van der Waals surface area contributed by atoms with E-state index in [0.717, 1.165) is 16.0 Å². The number of hydrogen-bond acceptors (Lipinski definition) is 1. The summed E-state index contributed by atoms with van der Waals surface area (Å²) in [5, 5.41) is 7.88. The molecule has 1 nitrogen and oxygen atoms in total. The summed E-state index contributed by atoms with van der Waals surface area (Å²) in [4.78, 5) is 0. The van der Waals surface area contributed by atoms with Crippen molar-refractivity contribution in [1.29, 1.82) is 0 Å². The normalized spacial score (nSPS) is 13.8. The molecule has 0 atom stereocenters. The van der Waals surface area contributed by atoms with Crippen LogP contribution in [0.2, 0.25) is 0 Å². The highest BCUT2D eigenvalue weighted by Crippen LogP contribution is 2.31. The second-order valence-corrected chi connectivity index (χ2v) is 12.4. The Labute approximate surface area is 191 Å². The molecule has 5 aromatic carbocycles. The third kappa shape index (κ3) is 2.67. The maximum Gasteiger partial charge on any atom is 0.188 e. The van der Waals surface area contributed by atoms with Gasteiger partial charge in [-0.2, -0.15) is 0 Å². The fourth-order valence-electron chi connectivity index (χ4n) is 5.04. The first-order valence-electron chi connectivity index (χ1n) is 10.4. The number of rotatable bonds is 2. The molecule has 0 spiro atoms. The third-order valence-corrected chi connectivity index (χ3v) is 11.9. The number of ether oxygens (including phenoxy) is 1. The van der Waals surface area contributed by atoms with Crippen LogP contribution in [0.25, 0.3) is 10.8 Å². The minimum Gasteiger partial charge on any atom is -0.458 e. The highest BCUT2D eigenvalue weighted by molar-refractivity contribution is 9.10. The molecule has 0 unspecified atom stereocenters. The smallest absolute Gasteiger partial charge is 0.188 e. The van der Waals surface area contributed by atoms with E-state index < -0.39 is 8.07 Å². The lowest BCUT2D eigenvalue weighted by Crippen LogP contribution is -2.76. The molecule has 0 saturated heterocycles. The van der Waals surface area contributed by atoms with Crippen molar-refractivity contribution in [3.05, 3.63) is 120 Å². The first kappa shape index (κ1) is 18.6. The van der Waals surface area contributed by atoms with Gasteiger partial charge in [0.1, 0.15) is 11.5 Å². The minimum atomic E-state index is -2.61. The van der Waals surface area contributed by atoms with Crippen molar-refractivity contribution in [2.75, 3.05) is 0 Å². The molecule has 5 aromatic rings. The minimum absolute atomic E-state index is 0.962. The summed E-state index contributed by atoms with van der Waals surface area (Å²) in [5.74, 6) is 1.92. The Morgan fingerprint density at radius 2 is 1.03 bits per heavy atom. The molecule has 1 heterocycles. The quantitative estimate of drug-likeness (QED) is 0.315. The van der Waals surface area contributed by atoms with Gasteiger partial charge in [-0.1, -0.05) is 113 Å². The van der Waals surface area contributed by atoms with E-state index in [2.05, 4.69) is 131 Å². The van der Waals surface area contributed by atoms with Crippen molar-refractivity contribution < 1.29 is 4.74 Å². The van der Waals surface area contributed by atoms with E-state index in [4.69, 9.17) is 4.74 Å². The van der Waals surface area contributed by atoms with E-state index in [1.54, 1.807) is 0 Å². The third-order valence-electron chi connectivity index (χ3n) is 6.28. The zero-order valence-corrected chi connectivity index (χ0v) is 19.3. The second-order valence-electron chi connectivity index (χ2n) is 7.85. The summed E-state index contributed by atoms with van der Waals surface area (Å²) in [6.07, 6.45) is 0. The zero-order valence-electron chi connectivity index (χ0n) is 16.8. The monoisotopic (exact) mass is 478 g/mol. The molecular formula is C28H19BrOSi. The van der Waals surface area contributed by atoms with Gasteiger partial charge in [0, 0.05) is 4.47 Å². The van der Waals surface area contributed by atoms with Gasteiger partial charge in [0.15, 0.2) is 8.07 Å². The Balaban J connectivity index is 1.86. The Morgan fingerprint density at radius 1 is 0.484 bits per heavy atom. The predicted molar refractivity (Wildman–Crippen MR) is 135 cm³/mol. The summed E-state index contributed by atoms with van der Waals surface area (Å²) in [5.41, 5.74) is 0. The van der Waals surface area contributed by atoms with Crippen LogP contribution in [0.5, 0.6) is 11.5 Å². The molecule has 1 aliphatic rings. The molecule has 0 saturated carbocycles. The molecule has 148 valence electrons. The summed E-state index contributed by atoms with van der Waals surface area (Å²) in [6, 6.07) is 41.4. The van der Waals surface area contributed by atoms with E-state index >= 15 is 0 Å². The van der Waals surface area contributed by atoms with Crippen LogP contribution in [-0.4, -0.2) is 8.07 Å². The van der Waals surface area contributed by atoms with E-state index in [1.807, 2.05) is 0 Å². The number of hydrogen-bond donors (Lipinski definition) is 0. The van der Waals surface area contributed by atoms with Crippen LogP contribution < -0.4 is 25.5 Å². The van der Waals surface area contributed by atoms with Gasteiger partial charge in [-0.25, -0.2) is 0 Å². The largest absolute Gasteiger partial charge is 0.458 e. The highest BCUT2D eigenvalue weighted by Gasteiger charge is 2.48. The first-order chi connectivity index (χ1) is 15.3. The SMILES string of the molecule is Brc1cccc2c([Si]3(c4ccccc4)c4ccccc4Oc4ccccc43)cccc12. The van der Waals surface area contributed by atoms with E-state index in [-0.39, 0.29) is 0 Å². The van der Waals surface area contributed by atoms with Gasteiger partial charge in [0.25, 0.3) is 0 Å². The Kier molecular flexibility index (Phi) is 4.34. The van der Waals surface area contributed by atoms with Crippen molar-refractivity contribution in [3.63, 3.8) is 0 Å². The Morgan fingerprint density at radius 3 is 1.74 bits per heavy atom. The lowest BCUT2D eigenvalue weighted by molar-refractivity contribution is 0.487. The zero-order chi connectivity index (χ0) is 20.8. The summed E-state index contributed by atoms with van der Waals surface area (Å²) < 4.78 is 7.56. The molecule has 0 radical (unpaired) electrons. The van der Waals surface area contributed by atoms with E-state index in [0.29, 0.717) is 0 Å². The molecule has 31 heavy (non-hydrogen) atoms. The van der Waals surface area contributed by atoms with Crippen LogP contribution in [0.4, 0.5) is 0 Å². The lowest BCUT2D eigenvalue weighted by atomic mass is 10.1. The Hall–Kier alpha value is -3.14. The van der Waals surface area contributed by atoms with Gasteiger partial charge in [0.05, 0.1) is 0 Å². The van der Waals surface area contributed by atoms with Gasteiger partial charge >= 0.3 is 0 Å². The van der Waals surface area contributed by atoms with Crippen molar-refractivity contribution in [2.24, 2.45) is 0 Å². The van der Waals surface area contributed by atoms with E-state index in [1.165, 1.54) is 31.5 Å². The van der Waals surface area contributed by atoms with Gasteiger partial charge in [0.2, 0.25) is 0 Å². The van der Waals surface area contributed by atoms with Crippen molar-refractivity contribution in [3.8, 4) is 11.5 Å². The van der Waals surface area contributed by atoms with Crippen molar-refractivity contribution in [1.82, 2.24) is 0 Å². The summed E-state index contributed by atoms with van der Waals surface area (Å²) in [6.45, 7) is 0. The fraction of sp³-hybridized carbons (Fsp3) is 0. The molecule has 1 aliphatic heterocycles. The van der Waals surface area contributed by atoms with Gasteiger partial charge in [-0.3, -0.25) is 0 Å². The standard InChI is InChI=1S/C28H19BrOSi/c29-23-14-8-13-22-21(23)12-9-19-26(22)31(20-10-2-1-3-11-20)27-17-6-4-15-24(27)30-25-16-5-7-18-28(25)31/h1-19H. The average Bonchev–Trinajstić information content (AvgIpc) is 2.83. The molecule has 0 fully saturated rings. The molecule has 0 aliphatic carbocycles. The van der Waals surface area contributed by atoms with Crippen LogP contribution in [0.3, 0.4) is 0 Å². The maximum atomic E-state index is 6.44. The molecule has 6 rings (SSSR count). The maximum absolute atomic E-state index is 6.44. The fourth-order valence-corrected chi connectivity index (χ4v) is 10.7. The molecule has 3 heteroatoms. The predicted octanol–water partition coefficient (Wildman–Crippen LogP) is 5.09. The topological polar surface area (TPSA) is 9.23 Å². The summed E-state index contributed by atoms with van der Waals surface area (Å²) >= 11 is 3.78. The number of fused-ring (bicyclic) bond motifs is 3. The second kappa shape index (κ2) is 7.22. The molecule has 0 aromatic heterocycles. The van der Waals surface area contributed by atoms with Gasteiger partial charge in [-0.05, 0) is 49.7 Å². The number of para-hydroxylation sites is 2. The van der Waals surface area contributed by atoms with Crippen molar-refractivity contribution in [2.45, 2.75) is 0 Å². The van der Waals surface area contributed by atoms with Crippen molar-refractivity contribution >= 4 is 55.5 Å². The Bertz CT molecular complexity index is 1380. The summed E-state index contributed by atoms with van der Waals surface area (Å²) in [7, 11) is -2.61. The van der Waals surface area contributed by atoms with Gasteiger partial charge in [-0.15, -0.1) is 0 Å². The molecular weight excluding hydrogens is 460 g/mol. The van der Waals surface area contributed by atoms with Crippen LogP contribution in [0, 0.1) is 0 Å². The molecule has 0 N–H and O–H groups in total. The van der Waals surface area contributed by atoms with Crippen LogP contribution in [0.15, 0.2) is 120 Å². The van der Waals surface area contributed by atoms with Crippen LogP contribution >= 0.6 is 15.9 Å². The number of benzene rings is 5. The van der Waals surface area contributed by atoms with Gasteiger partial charge < -0.3 is 4.74 Å². The van der Waals surface area contributed by atoms with E-state index in [9.17, 15) is 0 Å².